The van der Waals surface area contributed by atoms with Crippen LogP contribution in [0.2, 0.25) is 0 Å². The van der Waals surface area contributed by atoms with Gasteiger partial charge in [-0.05, 0) is 41.8 Å². The van der Waals surface area contributed by atoms with E-state index in [0.717, 1.165) is 31.9 Å². The Hall–Kier alpha value is -2.33. The first kappa shape index (κ1) is 16.8. The molecule has 0 saturated heterocycles. The molecule has 3 heterocycles. The first-order valence-electron chi connectivity index (χ1n) is 10.3. The molecule has 4 nitrogen and oxygen atoms in total. The second-order valence-corrected chi connectivity index (χ2v) is 8.01. The maximum absolute atomic E-state index is 5.03. The van der Waals surface area contributed by atoms with Gasteiger partial charge in [0.05, 0.1) is 5.69 Å². The third kappa shape index (κ3) is 3.46. The van der Waals surface area contributed by atoms with Crippen molar-refractivity contribution in [3.8, 4) is 0 Å². The summed E-state index contributed by atoms with van der Waals surface area (Å²) in [6.07, 6.45) is 13.5. The Kier molecular flexibility index (Phi) is 4.58. The Bertz CT molecular complexity index is 941. The van der Waals surface area contributed by atoms with E-state index < -0.39 is 0 Å². The monoisotopic (exact) mass is 358 g/mol. The Balaban J connectivity index is 1.37. The van der Waals surface area contributed by atoms with Crippen molar-refractivity contribution in [2.24, 2.45) is 0 Å². The molecule has 138 valence electrons. The highest BCUT2D eigenvalue weighted by atomic mass is 15.1. The lowest BCUT2D eigenvalue weighted by molar-refractivity contribution is 0.241. The number of benzene rings is 1. The molecule has 0 atom stereocenters. The van der Waals surface area contributed by atoms with E-state index in [-0.39, 0.29) is 0 Å². The Morgan fingerprint density at radius 3 is 2.89 bits per heavy atom. The van der Waals surface area contributed by atoms with E-state index in [4.69, 9.17) is 9.97 Å². The third-order valence-electron chi connectivity index (χ3n) is 6.18. The summed E-state index contributed by atoms with van der Waals surface area (Å²) in [5.74, 6) is 1.66. The molecule has 1 saturated carbocycles. The fraction of sp³-hybridized carbons (Fsp3) is 0.435. The number of pyridine rings is 1. The van der Waals surface area contributed by atoms with E-state index >= 15 is 0 Å². The molecule has 2 aromatic heterocycles. The van der Waals surface area contributed by atoms with Gasteiger partial charge in [0.1, 0.15) is 5.82 Å². The minimum absolute atomic E-state index is 0.574. The molecule has 4 heteroatoms. The van der Waals surface area contributed by atoms with Crippen molar-refractivity contribution in [2.75, 3.05) is 6.54 Å². The fourth-order valence-corrected chi connectivity index (χ4v) is 4.63. The molecule has 0 spiro atoms. The topological polar surface area (TPSA) is 41.9 Å². The summed E-state index contributed by atoms with van der Waals surface area (Å²) >= 11 is 0. The van der Waals surface area contributed by atoms with E-state index in [9.17, 15) is 0 Å². The zero-order valence-electron chi connectivity index (χ0n) is 15.8. The number of fused-ring (bicyclic) bond motifs is 2. The highest BCUT2D eigenvalue weighted by molar-refractivity contribution is 5.84. The third-order valence-corrected chi connectivity index (χ3v) is 6.18. The van der Waals surface area contributed by atoms with Gasteiger partial charge in [0.15, 0.2) is 0 Å². The van der Waals surface area contributed by atoms with Crippen LogP contribution in [0.25, 0.3) is 10.8 Å². The molecular formula is C23H26N4. The zero-order valence-corrected chi connectivity index (χ0v) is 15.8. The van der Waals surface area contributed by atoms with Crippen LogP contribution in [0.4, 0.5) is 0 Å². The minimum atomic E-state index is 0.574. The van der Waals surface area contributed by atoms with Crippen LogP contribution in [0.15, 0.2) is 42.9 Å². The molecule has 3 aromatic rings. The molecule has 1 aromatic carbocycles. The van der Waals surface area contributed by atoms with Gasteiger partial charge in [0.25, 0.3) is 0 Å². The number of rotatable bonds is 3. The molecule has 0 unspecified atom stereocenters. The van der Waals surface area contributed by atoms with Crippen LogP contribution < -0.4 is 0 Å². The van der Waals surface area contributed by atoms with Crippen LogP contribution in [0.1, 0.15) is 60.7 Å². The van der Waals surface area contributed by atoms with Crippen LogP contribution in [0.5, 0.6) is 0 Å². The highest BCUT2D eigenvalue weighted by Gasteiger charge is 2.23. The molecule has 27 heavy (non-hydrogen) atoms. The van der Waals surface area contributed by atoms with Crippen molar-refractivity contribution < 1.29 is 0 Å². The normalized spacial score (nSPS) is 18.5. The summed E-state index contributed by atoms with van der Waals surface area (Å²) in [5.41, 5.74) is 3.96. The maximum Gasteiger partial charge on any atom is 0.131 e. The van der Waals surface area contributed by atoms with Crippen molar-refractivity contribution in [1.82, 2.24) is 19.9 Å². The van der Waals surface area contributed by atoms with Gasteiger partial charge < -0.3 is 0 Å². The Labute approximate surface area is 160 Å². The SMILES string of the molecule is c1cc(CN2CCc3cnc(C4CCCCC4)nc3C2)c2ccncc2c1. The molecule has 5 rings (SSSR count). The van der Waals surface area contributed by atoms with E-state index in [1.165, 1.54) is 59.7 Å². The second-order valence-electron chi connectivity index (χ2n) is 8.01. The Morgan fingerprint density at radius 1 is 1.04 bits per heavy atom. The van der Waals surface area contributed by atoms with Gasteiger partial charge in [-0.3, -0.25) is 9.88 Å². The van der Waals surface area contributed by atoms with Gasteiger partial charge in [0, 0.05) is 49.5 Å². The zero-order chi connectivity index (χ0) is 18.1. The molecule has 0 amide bonds. The van der Waals surface area contributed by atoms with E-state index in [0.29, 0.717) is 5.92 Å². The van der Waals surface area contributed by atoms with Crippen molar-refractivity contribution in [2.45, 2.75) is 57.5 Å². The van der Waals surface area contributed by atoms with Crippen LogP contribution in [-0.4, -0.2) is 26.4 Å². The van der Waals surface area contributed by atoms with Crippen LogP contribution in [0.3, 0.4) is 0 Å². The number of aromatic nitrogens is 3. The van der Waals surface area contributed by atoms with Gasteiger partial charge >= 0.3 is 0 Å². The number of hydrogen-bond acceptors (Lipinski definition) is 4. The molecule has 0 bridgehead atoms. The van der Waals surface area contributed by atoms with Crippen molar-refractivity contribution in [3.05, 3.63) is 65.5 Å². The van der Waals surface area contributed by atoms with Crippen LogP contribution >= 0.6 is 0 Å². The predicted octanol–water partition coefficient (Wildman–Crippen LogP) is 4.63. The van der Waals surface area contributed by atoms with Gasteiger partial charge in [-0.15, -0.1) is 0 Å². The molecule has 1 fully saturated rings. The quantitative estimate of drug-likeness (QED) is 0.684. The summed E-state index contributed by atoms with van der Waals surface area (Å²) in [5, 5.41) is 2.53. The average Bonchev–Trinajstić information content (AvgIpc) is 2.74. The predicted molar refractivity (Wildman–Crippen MR) is 107 cm³/mol. The smallest absolute Gasteiger partial charge is 0.131 e. The lowest BCUT2D eigenvalue weighted by atomic mass is 9.88. The molecule has 0 N–H and O–H groups in total. The van der Waals surface area contributed by atoms with E-state index in [1.54, 1.807) is 0 Å². The summed E-state index contributed by atoms with van der Waals surface area (Å²) in [6, 6.07) is 8.65. The molecule has 1 aliphatic heterocycles. The second kappa shape index (κ2) is 7.35. The summed E-state index contributed by atoms with van der Waals surface area (Å²) in [7, 11) is 0. The largest absolute Gasteiger partial charge is 0.293 e. The molecular weight excluding hydrogens is 332 g/mol. The lowest BCUT2D eigenvalue weighted by Gasteiger charge is -2.29. The van der Waals surface area contributed by atoms with Crippen LogP contribution in [-0.2, 0) is 19.5 Å². The van der Waals surface area contributed by atoms with Crippen molar-refractivity contribution >= 4 is 10.8 Å². The number of hydrogen-bond donors (Lipinski definition) is 0. The van der Waals surface area contributed by atoms with Gasteiger partial charge in [-0.1, -0.05) is 37.5 Å². The van der Waals surface area contributed by atoms with Gasteiger partial charge in [0.2, 0.25) is 0 Å². The summed E-state index contributed by atoms with van der Waals surface area (Å²) in [6.45, 7) is 2.96. The van der Waals surface area contributed by atoms with E-state index in [1.807, 2.05) is 12.4 Å². The Morgan fingerprint density at radius 2 is 1.96 bits per heavy atom. The fourth-order valence-electron chi connectivity index (χ4n) is 4.63. The molecule has 1 aliphatic carbocycles. The summed E-state index contributed by atoms with van der Waals surface area (Å²) in [4.78, 5) is 16.5. The van der Waals surface area contributed by atoms with Gasteiger partial charge in [-0.25, -0.2) is 9.97 Å². The van der Waals surface area contributed by atoms with Crippen molar-refractivity contribution in [3.63, 3.8) is 0 Å². The van der Waals surface area contributed by atoms with Gasteiger partial charge in [-0.2, -0.15) is 0 Å². The minimum Gasteiger partial charge on any atom is -0.293 e. The summed E-state index contributed by atoms with van der Waals surface area (Å²) < 4.78 is 0. The molecule has 2 aliphatic rings. The number of nitrogens with zero attached hydrogens (tertiary/aromatic N) is 4. The van der Waals surface area contributed by atoms with Crippen molar-refractivity contribution in [1.29, 1.82) is 0 Å². The first-order valence-corrected chi connectivity index (χ1v) is 10.3. The average molecular weight is 358 g/mol. The maximum atomic E-state index is 5.03. The first-order chi connectivity index (χ1) is 13.4. The lowest BCUT2D eigenvalue weighted by Crippen LogP contribution is -2.31. The highest BCUT2D eigenvalue weighted by Crippen LogP contribution is 2.31. The standard InChI is InChI=1S/C23H26N4/c1-2-5-17(6-3-1)23-25-14-19-10-12-27(16-22(19)26-23)15-20-8-4-7-18-13-24-11-9-21(18)20/h4,7-9,11,13-14,17H,1-3,5-6,10,12,15-16H2. The van der Waals surface area contributed by atoms with Crippen LogP contribution in [0, 0.1) is 0 Å². The molecule has 0 radical (unpaired) electrons. The van der Waals surface area contributed by atoms with E-state index in [2.05, 4.69) is 40.3 Å².